The molecule has 0 saturated carbocycles. The van der Waals surface area contributed by atoms with Crippen LogP contribution in [0.2, 0.25) is 0 Å². The zero-order valence-electron chi connectivity index (χ0n) is 14.6. The van der Waals surface area contributed by atoms with Crippen LogP contribution in [0.4, 0.5) is 14.7 Å². The van der Waals surface area contributed by atoms with Crippen molar-refractivity contribution >= 4 is 11.8 Å². The zero-order valence-corrected chi connectivity index (χ0v) is 14.6. The Bertz CT molecular complexity index is 1030. The van der Waals surface area contributed by atoms with Crippen molar-refractivity contribution in [1.29, 1.82) is 5.26 Å². The van der Waals surface area contributed by atoms with Gasteiger partial charge in [-0.1, -0.05) is 0 Å². The first-order valence-electron chi connectivity index (χ1n) is 8.50. The van der Waals surface area contributed by atoms with Gasteiger partial charge in [-0.05, 0) is 24.3 Å². The van der Waals surface area contributed by atoms with Crippen LogP contribution in [0.1, 0.15) is 16.1 Å². The van der Waals surface area contributed by atoms with E-state index >= 15 is 0 Å². The lowest BCUT2D eigenvalue weighted by Gasteiger charge is -2.34. The van der Waals surface area contributed by atoms with Gasteiger partial charge in [0.1, 0.15) is 17.7 Å². The second kappa shape index (κ2) is 7.15. The van der Waals surface area contributed by atoms with E-state index in [0.717, 1.165) is 18.2 Å². The molecular formula is C19H14F2N4O3. The summed E-state index contributed by atoms with van der Waals surface area (Å²) in [6.45, 7) is 1.37. The smallest absolute Gasteiger partial charge is 0.266 e. The number of nitriles is 1. The minimum absolute atomic E-state index is 0.0385. The van der Waals surface area contributed by atoms with Crippen LogP contribution in [-0.4, -0.2) is 42.0 Å². The Morgan fingerprint density at radius 1 is 1.14 bits per heavy atom. The number of benzene rings is 1. The van der Waals surface area contributed by atoms with Crippen molar-refractivity contribution in [2.24, 2.45) is 0 Å². The number of amides is 1. The second-order valence-corrected chi connectivity index (χ2v) is 6.20. The first-order valence-corrected chi connectivity index (χ1v) is 8.50. The summed E-state index contributed by atoms with van der Waals surface area (Å²) in [7, 11) is 0. The van der Waals surface area contributed by atoms with Gasteiger partial charge in [0.05, 0.1) is 6.26 Å². The molecule has 1 aliphatic rings. The summed E-state index contributed by atoms with van der Waals surface area (Å²) in [6, 6.07) is 8.10. The first kappa shape index (κ1) is 17.7. The van der Waals surface area contributed by atoms with Crippen LogP contribution in [-0.2, 0) is 0 Å². The maximum absolute atomic E-state index is 13.4. The lowest BCUT2D eigenvalue weighted by Crippen LogP contribution is -2.49. The first-order chi connectivity index (χ1) is 13.5. The van der Waals surface area contributed by atoms with Crippen LogP contribution in [0.25, 0.3) is 11.7 Å². The summed E-state index contributed by atoms with van der Waals surface area (Å²) in [6.07, 6.45) is 1.48. The zero-order chi connectivity index (χ0) is 19.7. The lowest BCUT2D eigenvalue weighted by atomic mass is 10.1. The van der Waals surface area contributed by atoms with Crippen LogP contribution in [0, 0.1) is 23.0 Å². The Kier molecular flexibility index (Phi) is 4.53. The lowest BCUT2D eigenvalue weighted by molar-refractivity contribution is 0.0744. The average molecular weight is 384 g/mol. The topological polar surface area (TPSA) is 86.5 Å². The molecule has 0 spiro atoms. The van der Waals surface area contributed by atoms with Crippen LogP contribution in [0.3, 0.4) is 0 Å². The SMILES string of the molecule is N#Cc1nc(-c2ccco2)oc1N1CCN(C(=O)c2cc(F)cc(F)c2)CC1. The molecule has 1 aliphatic heterocycles. The molecule has 1 amide bonds. The summed E-state index contributed by atoms with van der Waals surface area (Å²) >= 11 is 0. The van der Waals surface area contributed by atoms with E-state index in [9.17, 15) is 18.8 Å². The van der Waals surface area contributed by atoms with Gasteiger partial charge in [0.2, 0.25) is 11.6 Å². The number of rotatable bonds is 3. The number of carbonyl (C=O) groups excluding carboxylic acids is 1. The van der Waals surface area contributed by atoms with Crippen molar-refractivity contribution in [3.8, 4) is 17.7 Å². The van der Waals surface area contributed by atoms with Gasteiger partial charge in [-0.3, -0.25) is 4.79 Å². The molecule has 0 N–H and O–H groups in total. The summed E-state index contributed by atoms with van der Waals surface area (Å²) in [5.74, 6) is -1.14. The molecule has 1 aromatic carbocycles. The Labute approximate surface area is 158 Å². The standard InChI is InChI=1S/C19H14F2N4O3/c20-13-8-12(9-14(21)10-13)18(26)24-3-5-25(6-4-24)19-15(11-22)23-17(28-19)16-2-1-7-27-16/h1-2,7-10H,3-6H2. The van der Waals surface area contributed by atoms with Crippen molar-refractivity contribution in [2.75, 3.05) is 31.1 Å². The number of hydrogen-bond acceptors (Lipinski definition) is 6. The fourth-order valence-corrected chi connectivity index (χ4v) is 3.08. The molecule has 1 fully saturated rings. The maximum Gasteiger partial charge on any atom is 0.266 e. The summed E-state index contributed by atoms with van der Waals surface area (Å²) in [5, 5.41) is 9.34. The minimum Gasteiger partial charge on any atom is -0.459 e. The highest BCUT2D eigenvalue weighted by Crippen LogP contribution is 2.29. The van der Waals surface area contributed by atoms with Gasteiger partial charge < -0.3 is 18.6 Å². The number of halogens is 2. The number of oxazole rings is 1. The fourth-order valence-electron chi connectivity index (χ4n) is 3.08. The summed E-state index contributed by atoms with van der Waals surface area (Å²) in [5.41, 5.74) is 0.0850. The molecule has 0 unspecified atom stereocenters. The van der Waals surface area contributed by atoms with Gasteiger partial charge in [0, 0.05) is 37.8 Å². The number of carbonyl (C=O) groups is 1. The van der Waals surface area contributed by atoms with Gasteiger partial charge in [-0.15, -0.1) is 0 Å². The van der Waals surface area contributed by atoms with E-state index in [1.165, 1.54) is 11.2 Å². The van der Waals surface area contributed by atoms with Gasteiger partial charge >= 0.3 is 0 Å². The quantitative estimate of drug-likeness (QED) is 0.690. The molecule has 1 saturated heterocycles. The number of nitrogens with zero attached hydrogens (tertiary/aromatic N) is 4. The maximum atomic E-state index is 13.4. The third-order valence-electron chi connectivity index (χ3n) is 4.41. The Balaban J connectivity index is 1.48. The van der Waals surface area contributed by atoms with Crippen molar-refractivity contribution in [3.63, 3.8) is 0 Å². The molecule has 7 nitrogen and oxygen atoms in total. The third kappa shape index (κ3) is 3.32. The van der Waals surface area contributed by atoms with Crippen molar-refractivity contribution < 1.29 is 22.4 Å². The Morgan fingerprint density at radius 3 is 2.46 bits per heavy atom. The van der Waals surface area contributed by atoms with Gasteiger partial charge in [0.25, 0.3) is 11.8 Å². The summed E-state index contributed by atoms with van der Waals surface area (Å²) < 4.78 is 37.7. The van der Waals surface area contributed by atoms with E-state index in [4.69, 9.17) is 8.83 Å². The van der Waals surface area contributed by atoms with E-state index in [0.29, 0.717) is 37.8 Å². The largest absolute Gasteiger partial charge is 0.459 e. The predicted octanol–water partition coefficient (Wildman–Crippen LogP) is 3.05. The number of hydrogen-bond donors (Lipinski definition) is 0. The van der Waals surface area contributed by atoms with Crippen LogP contribution < -0.4 is 4.90 Å². The van der Waals surface area contributed by atoms with E-state index in [2.05, 4.69) is 4.98 Å². The molecule has 2 aromatic heterocycles. The molecule has 0 bridgehead atoms. The molecule has 0 radical (unpaired) electrons. The minimum atomic E-state index is -0.798. The highest BCUT2D eigenvalue weighted by atomic mass is 19.1. The predicted molar refractivity (Wildman–Crippen MR) is 93.4 cm³/mol. The number of piperazine rings is 1. The Hall–Kier alpha value is -3.67. The van der Waals surface area contributed by atoms with E-state index in [-0.39, 0.29) is 17.1 Å². The average Bonchev–Trinajstić information content (AvgIpc) is 3.36. The summed E-state index contributed by atoms with van der Waals surface area (Å²) in [4.78, 5) is 19.9. The normalized spacial score (nSPS) is 14.2. The molecule has 0 aliphatic carbocycles. The molecule has 142 valence electrons. The van der Waals surface area contributed by atoms with Crippen molar-refractivity contribution in [2.45, 2.75) is 0 Å². The Morgan fingerprint density at radius 2 is 1.86 bits per heavy atom. The number of anilines is 1. The number of furan rings is 1. The highest BCUT2D eigenvalue weighted by molar-refractivity contribution is 5.94. The monoisotopic (exact) mass is 384 g/mol. The van der Waals surface area contributed by atoms with Crippen LogP contribution in [0.15, 0.2) is 45.4 Å². The van der Waals surface area contributed by atoms with Gasteiger partial charge in [0.15, 0.2) is 5.76 Å². The molecule has 3 aromatic rings. The molecule has 4 rings (SSSR count). The van der Waals surface area contributed by atoms with Crippen LogP contribution in [0.5, 0.6) is 0 Å². The molecule has 9 heteroatoms. The molecule has 0 atom stereocenters. The van der Waals surface area contributed by atoms with Crippen LogP contribution >= 0.6 is 0 Å². The molecular weight excluding hydrogens is 370 g/mol. The third-order valence-corrected chi connectivity index (χ3v) is 4.41. The van der Waals surface area contributed by atoms with E-state index < -0.39 is 17.5 Å². The number of aromatic nitrogens is 1. The fraction of sp³-hybridized carbons (Fsp3) is 0.211. The van der Waals surface area contributed by atoms with E-state index in [1.54, 1.807) is 17.0 Å². The molecule has 28 heavy (non-hydrogen) atoms. The van der Waals surface area contributed by atoms with Crippen molar-refractivity contribution in [3.05, 3.63) is 59.5 Å². The van der Waals surface area contributed by atoms with E-state index in [1.807, 2.05) is 6.07 Å². The second-order valence-electron chi connectivity index (χ2n) is 6.20. The van der Waals surface area contributed by atoms with Gasteiger partial charge in [-0.2, -0.15) is 10.2 Å². The molecule has 3 heterocycles. The van der Waals surface area contributed by atoms with Gasteiger partial charge in [-0.25, -0.2) is 8.78 Å². The highest BCUT2D eigenvalue weighted by Gasteiger charge is 2.27. The van der Waals surface area contributed by atoms with Crippen molar-refractivity contribution in [1.82, 2.24) is 9.88 Å².